The van der Waals surface area contributed by atoms with E-state index in [1.807, 2.05) is 30.3 Å². The molecule has 0 unspecified atom stereocenters. The molecule has 0 atom stereocenters. The van der Waals surface area contributed by atoms with Crippen molar-refractivity contribution in [3.8, 4) is 11.4 Å². The standard InChI is InChI=1S/C24H25N7O3/c1-15-13-20(29-34-15)26-21(32)14-31-28-22(27-30-31)18-7-5-6-8-19(18)25-23(33)16-9-11-17(12-10-16)24(2,3)4/h5-13H,14H2,1-4H3,(H,25,33)(H,26,29,32). The predicted molar refractivity (Wildman–Crippen MR) is 126 cm³/mol. The molecule has 2 aromatic carbocycles. The molecule has 2 amide bonds. The minimum Gasteiger partial charge on any atom is -0.360 e. The Morgan fingerprint density at radius 3 is 2.44 bits per heavy atom. The molecule has 0 radical (unpaired) electrons. The Hall–Kier alpha value is -4.34. The lowest BCUT2D eigenvalue weighted by atomic mass is 9.86. The number of carbonyl (C=O) groups is 2. The summed E-state index contributed by atoms with van der Waals surface area (Å²) < 4.78 is 4.93. The normalized spacial score (nSPS) is 11.3. The average Bonchev–Trinajstić information content (AvgIpc) is 3.42. The summed E-state index contributed by atoms with van der Waals surface area (Å²) in [7, 11) is 0. The van der Waals surface area contributed by atoms with E-state index < -0.39 is 0 Å². The number of anilines is 2. The fourth-order valence-corrected chi connectivity index (χ4v) is 3.26. The molecule has 10 nitrogen and oxygen atoms in total. The Morgan fingerprint density at radius 1 is 1.03 bits per heavy atom. The largest absolute Gasteiger partial charge is 0.360 e. The molecule has 174 valence electrons. The number of para-hydroxylation sites is 1. The Morgan fingerprint density at radius 2 is 1.76 bits per heavy atom. The third-order valence-corrected chi connectivity index (χ3v) is 5.06. The van der Waals surface area contributed by atoms with Crippen LogP contribution >= 0.6 is 0 Å². The number of nitrogens with one attached hydrogen (secondary N) is 2. The monoisotopic (exact) mass is 459 g/mol. The SMILES string of the molecule is Cc1cc(NC(=O)Cn2nnc(-c3ccccc3NC(=O)c3ccc(C(C)(C)C)cc3)n2)no1. The molecule has 0 saturated heterocycles. The first-order chi connectivity index (χ1) is 16.2. The molecule has 4 aromatic rings. The fourth-order valence-electron chi connectivity index (χ4n) is 3.26. The van der Waals surface area contributed by atoms with Crippen molar-refractivity contribution >= 4 is 23.3 Å². The second-order valence-electron chi connectivity index (χ2n) is 8.84. The smallest absolute Gasteiger partial charge is 0.255 e. The van der Waals surface area contributed by atoms with Crippen LogP contribution in [0.4, 0.5) is 11.5 Å². The van der Waals surface area contributed by atoms with E-state index in [0.29, 0.717) is 28.4 Å². The molecule has 2 aromatic heterocycles. The maximum absolute atomic E-state index is 12.8. The van der Waals surface area contributed by atoms with E-state index in [2.05, 4.69) is 52.0 Å². The van der Waals surface area contributed by atoms with Gasteiger partial charge in [-0.05, 0) is 47.4 Å². The summed E-state index contributed by atoms with van der Waals surface area (Å²) in [6.07, 6.45) is 0. The average molecular weight is 460 g/mol. The highest BCUT2D eigenvalue weighted by molar-refractivity contribution is 6.06. The van der Waals surface area contributed by atoms with E-state index in [0.717, 1.165) is 5.56 Å². The Balaban J connectivity index is 1.46. The van der Waals surface area contributed by atoms with Gasteiger partial charge in [-0.25, -0.2) is 0 Å². The molecule has 0 bridgehead atoms. The van der Waals surface area contributed by atoms with Gasteiger partial charge in [-0.2, -0.15) is 4.80 Å². The number of amides is 2. The van der Waals surface area contributed by atoms with E-state index >= 15 is 0 Å². The topological polar surface area (TPSA) is 128 Å². The lowest BCUT2D eigenvalue weighted by Gasteiger charge is -2.19. The summed E-state index contributed by atoms with van der Waals surface area (Å²) in [6, 6.07) is 16.3. The number of hydrogen-bond donors (Lipinski definition) is 2. The Labute approximate surface area is 196 Å². The molecule has 0 aliphatic carbocycles. The minimum atomic E-state index is -0.377. The Kier molecular flexibility index (Phi) is 6.22. The molecule has 34 heavy (non-hydrogen) atoms. The first-order valence-corrected chi connectivity index (χ1v) is 10.7. The number of rotatable bonds is 6. The van der Waals surface area contributed by atoms with Gasteiger partial charge >= 0.3 is 0 Å². The van der Waals surface area contributed by atoms with E-state index in [1.54, 1.807) is 31.2 Å². The molecule has 10 heteroatoms. The van der Waals surface area contributed by atoms with Gasteiger partial charge in [0.25, 0.3) is 5.91 Å². The van der Waals surface area contributed by atoms with Crippen molar-refractivity contribution in [2.75, 3.05) is 10.6 Å². The van der Waals surface area contributed by atoms with Gasteiger partial charge in [0.15, 0.2) is 5.82 Å². The summed E-state index contributed by atoms with van der Waals surface area (Å²) in [5.41, 5.74) is 2.81. The second-order valence-corrected chi connectivity index (χ2v) is 8.84. The van der Waals surface area contributed by atoms with Gasteiger partial charge in [0.05, 0.1) is 5.69 Å². The number of benzene rings is 2. The van der Waals surface area contributed by atoms with Gasteiger partial charge in [0.2, 0.25) is 11.7 Å². The number of carbonyl (C=O) groups excluding carboxylic acids is 2. The van der Waals surface area contributed by atoms with Crippen LogP contribution in [0.5, 0.6) is 0 Å². The highest BCUT2D eigenvalue weighted by Crippen LogP contribution is 2.26. The van der Waals surface area contributed by atoms with Gasteiger partial charge in [-0.15, -0.1) is 10.2 Å². The van der Waals surface area contributed by atoms with Crippen molar-refractivity contribution in [1.29, 1.82) is 0 Å². The molecule has 2 N–H and O–H groups in total. The van der Waals surface area contributed by atoms with Gasteiger partial charge in [0, 0.05) is 17.2 Å². The summed E-state index contributed by atoms with van der Waals surface area (Å²) in [5.74, 6) is 0.552. The Bertz CT molecular complexity index is 1320. The number of nitrogens with zero attached hydrogens (tertiary/aromatic N) is 5. The number of tetrazole rings is 1. The van der Waals surface area contributed by atoms with Crippen molar-refractivity contribution in [3.05, 3.63) is 71.5 Å². The zero-order valence-corrected chi connectivity index (χ0v) is 19.4. The molecule has 0 saturated carbocycles. The van der Waals surface area contributed by atoms with Crippen molar-refractivity contribution < 1.29 is 14.1 Å². The minimum absolute atomic E-state index is 0.00395. The molecular formula is C24H25N7O3. The van der Waals surface area contributed by atoms with E-state index in [4.69, 9.17) is 4.52 Å². The number of hydrogen-bond acceptors (Lipinski definition) is 7. The summed E-state index contributed by atoms with van der Waals surface area (Å²) >= 11 is 0. The van der Waals surface area contributed by atoms with Crippen LogP contribution in [0.3, 0.4) is 0 Å². The van der Waals surface area contributed by atoms with Crippen LogP contribution in [0.2, 0.25) is 0 Å². The zero-order chi connectivity index (χ0) is 24.3. The highest BCUT2D eigenvalue weighted by Gasteiger charge is 2.17. The van der Waals surface area contributed by atoms with Crippen molar-refractivity contribution in [3.63, 3.8) is 0 Å². The fraction of sp³-hybridized carbons (Fsp3) is 0.250. The lowest BCUT2D eigenvalue weighted by molar-refractivity contribution is -0.117. The third kappa shape index (κ3) is 5.34. The van der Waals surface area contributed by atoms with Crippen LogP contribution in [-0.2, 0) is 16.8 Å². The maximum Gasteiger partial charge on any atom is 0.255 e. The van der Waals surface area contributed by atoms with Gasteiger partial charge in [-0.1, -0.05) is 50.2 Å². The first-order valence-electron chi connectivity index (χ1n) is 10.7. The molecule has 0 aliphatic heterocycles. The van der Waals surface area contributed by atoms with Crippen LogP contribution < -0.4 is 10.6 Å². The van der Waals surface area contributed by atoms with Crippen LogP contribution in [-0.4, -0.2) is 37.2 Å². The van der Waals surface area contributed by atoms with Gasteiger partial charge in [-0.3, -0.25) is 9.59 Å². The molecule has 0 spiro atoms. The van der Waals surface area contributed by atoms with Crippen LogP contribution in [0, 0.1) is 6.92 Å². The van der Waals surface area contributed by atoms with Gasteiger partial charge in [0.1, 0.15) is 12.3 Å². The number of aromatic nitrogens is 5. The first kappa shape index (κ1) is 22.8. The van der Waals surface area contributed by atoms with Crippen molar-refractivity contribution in [1.82, 2.24) is 25.4 Å². The highest BCUT2D eigenvalue weighted by atomic mass is 16.5. The summed E-state index contributed by atoms with van der Waals surface area (Å²) in [6.45, 7) is 7.94. The summed E-state index contributed by atoms with van der Waals surface area (Å²) in [4.78, 5) is 26.2. The quantitative estimate of drug-likeness (QED) is 0.448. The molecule has 2 heterocycles. The third-order valence-electron chi connectivity index (χ3n) is 5.06. The lowest BCUT2D eigenvalue weighted by Crippen LogP contribution is -2.20. The molecule has 0 aliphatic rings. The predicted octanol–water partition coefficient (Wildman–Crippen LogP) is 3.83. The van der Waals surface area contributed by atoms with E-state index in [-0.39, 0.29) is 29.6 Å². The second kappa shape index (κ2) is 9.26. The molecule has 0 fully saturated rings. The van der Waals surface area contributed by atoms with Crippen LogP contribution in [0.25, 0.3) is 11.4 Å². The van der Waals surface area contributed by atoms with Crippen molar-refractivity contribution in [2.45, 2.75) is 39.7 Å². The van der Waals surface area contributed by atoms with Crippen LogP contribution in [0.15, 0.2) is 59.1 Å². The van der Waals surface area contributed by atoms with Crippen LogP contribution in [0.1, 0.15) is 42.5 Å². The zero-order valence-electron chi connectivity index (χ0n) is 19.4. The summed E-state index contributed by atoms with van der Waals surface area (Å²) in [5, 5.41) is 21.5. The van der Waals surface area contributed by atoms with Crippen molar-refractivity contribution in [2.24, 2.45) is 0 Å². The molecule has 4 rings (SSSR count). The van der Waals surface area contributed by atoms with E-state index in [9.17, 15) is 9.59 Å². The van der Waals surface area contributed by atoms with Gasteiger partial charge < -0.3 is 15.2 Å². The molecular weight excluding hydrogens is 434 g/mol. The number of aryl methyl sites for hydroxylation is 1. The van der Waals surface area contributed by atoms with E-state index in [1.165, 1.54) is 4.80 Å². The maximum atomic E-state index is 12.8.